The summed E-state index contributed by atoms with van der Waals surface area (Å²) in [6.07, 6.45) is 2.39. The summed E-state index contributed by atoms with van der Waals surface area (Å²) in [5.41, 5.74) is 1.04. The third-order valence-corrected chi connectivity index (χ3v) is 3.56. The van der Waals surface area contributed by atoms with Crippen molar-refractivity contribution in [2.75, 3.05) is 0 Å². The second-order valence-electron chi connectivity index (χ2n) is 4.35. The minimum absolute atomic E-state index is 0.239. The predicted molar refractivity (Wildman–Crippen MR) is 70.4 cm³/mol. The number of benzene rings is 1. The molecule has 1 unspecified atom stereocenters. The molecule has 3 heteroatoms. The van der Waals surface area contributed by atoms with E-state index in [1.165, 1.54) is 0 Å². The molecule has 0 bridgehead atoms. The molecule has 0 heterocycles. The number of halogens is 1. The molecule has 17 heavy (non-hydrogen) atoms. The van der Waals surface area contributed by atoms with Gasteiger partial charge in [0.2, 0.25) is 0 Å². The van der Waals surface area contributed by atoms with Crippen molar-refractivity contribution < 1.29 is 9.90 Å². The maximum atomic E-state index is 11.3. The number of hydrogen-bond donors (Lipinski definition) is 1. The van der Waals surface area contributed by atoms with Crippen molar-refractivity contribution in [1.82, 2.24) is 0 Å². The Bertz CT molecular complexity index is 355. The van der Waals surface area contributed by atoms with E-state index in [4.69, 9.17) is 11.6 Å². The fourth-order valence-electron chi connectivity index (χ4n) is 2.19. The van der Waals surface area contributed by atoms with E-state index in [-0.39, 0.29) is 11.8 Å². The average molecular weight is 255 g/mol. The van der Waals surface area contributed by atoms with E-state index < -0.39 is 5.97 Å². The van der Waals surface area contributed by atoms with Gasteiger partial charge in [-0.2, -0.15) is 0 Å². The number of carboxylic acid groups (broad SMARTS) is 1. The van der Waals surface area contributed by atoms with E-state index >= 15 is 0 Å². The molecule has 0 fully saturated rings. The van der Waals surface area contributed by atoms with Crippen LogP contribution in [-0.2, 0) is 11.2 Å². The molecule has 1 N–H and O–H groups in total. The normalized spacial score (nSPS) is 12.7. The lowest BCUT2D eigenvalue weighted by Gasteiger charge is -2.21. The van der Waals surface area contributed by atoms with Gasteiger partial charge in [-0.1, -0.05) is 50.4 Å². The molecule has 1 aromatic carbocycles. The molecule has 0 radical (unpaired) electrons. The summed E-state index contributed by atoms with van der Waals surface area (Å²) in [5.74, 6) is -0.761. The summed E-state index contributed by atoms with van der Waals surface area (Å²) in [6.45, 7) is 4.10. The van der Waals surface area contributed by atoms with Gasteiger partial charge in [0.05, 0.1) is 5.92 Å². The van der Waals surface area contributed by atoms with Crippen molar-refractivity contribution in [3.8, 4) is 0 Å². The van der Waals surface area contributed by atoms with Crippen molar-refractivity contribution in [1.29, 1.82) is 0 Å². The Labute approximate surface area is 108 Å². The Morgan fingerprint density at radius 2 is 1.76 bits per heavy atom. The number of carbonyl (C=O) groups is 1. The minimum atomic E-state index is -0.700. The maximum Gasteiger partial charge on any atom is 0.307 e. The molecular weight excluding hydrogens is 236 g/mol. The number of aliphatic carboxylic acids is 1. The van der Waals surface area contributed by atoms with Crippen molar-refractivity contribution in [2.45, 2.75) is 33.1 Å². The van der Waals surface area contributed by atoms with E-state index in [1.54, 1.807) is 0 Å². The van der Waals surface area contributed by atoms with Crippen LogP contribution in [0.25, 0.3) is 0 Å². The van der Waals surface area contributed by atoms with Crippen LogP contribution in [0.1, 0.15) is 32.3 Å². The molecule has 0 aromatic heterocycles. The second kappa shape index (κ2) is 6.65. The van der Waals surface area contributed by atoms with Gasteiger partial charge < -0.3 is 5.11 Å². The van der Waals surface area contributed by atoms with Crippen LogP contribution in [0.5, 0.6) is 0 Å². The van der Waals surface area contributed by atoms with Gasteiger partial charge in [-0.25, -0.2) is 0 Å². The summed E-state index contributed by atoms with van der Waals surface area (Å²) in [7, 11) is 0. The van der Waals surface area contributed by atoms with Crippen LogP contribution < -0.4 is 0 Å². The van der Waals surface area contributed by atoms with E-state index in [9.17, 15) is 9.90 Å². The van der Waals surface area contributed by atoms with Crippen molar-refractivity contribution in [2.24, 2.45) is 11.8 Å². The summed E-state index contributed by atoms with van der Waals surface area (Å²) in [6, 6.07) is 7.42. The molecule has 1 rings (SSSR count). The summed E-state index contributed by atoms with van der Waals surface area (Å²) >= 11 is 5.81. The zero-order valence-corrected chi connectivity index (χ0v) is 11.1. The molecule has 0 spiro atoms. The molecule has 0 saturated heterocycles. The largest absolute Gasteiger partial charge is 0.481 e. The first kappa shape index (κ1) is 14.0. The molecule has 1 atom stereocenters. The van der Waals surface area contributed by atoms with Crippen LogP contribution in [0.4, 0.5) is 0 Å². The highest BCUT2D eigenvalue weighted by Crippen LogP contribution is 2.24. The first-order valence-electron chi connectivity index (χ1n) is 6.05. The SMILES string of the molecule is CCC(CC)C(Cc1ccc(Cl)cc1)C(=O)O. The molecule has 0 aliphatic carbocycles. The molecule has 0 saturated carbocycles. The van der Waals surface area contributed by atoms with Crippen LogP contribution in [0.2, 0.25) is 5.02 Å². The third kappa shape index (κ3) is 4.04. The van der Waals surface area contributed by atoms with E-state index in [0.717, 1.165) is 18.4 Å². The topological polar surface area (TPSA) is 37.3 Å². The minimum Gasteiger partial charge on any atom is -0.481 e. The molecule has 2 nitrogen and oxygen atoms in total. The predicted octanol–water partition coefficient (Wildman–Crippen LogP) is 4.02. The van der Waals surface area contributed by atoms with Gasteiger partial charge >= 0.3 is 5.97 Å². The number of hydrogen-bond acceptors (Lipinski definition) is 1. The lowest BCUT2D eigenvalue weighted by molar-refractivity contribution is -0.143. The van der Waals surface area contributed by atoms with E-state index in [2.05, 4.69) is 0 Å². The Kier molecular flexibility index (Phi) is 5.49. The summed E-state index contributed by atoms with van der Waals surface area (Å²) in [4.78, 5) is 11.3. The van der Waals surface area contributed by atoms with Crippen LogP contribution in [-0.4, -0.2) is 11.1 Å². The van der Waals surface area contributed by atoms with E-state index in [0.29, 0.717) is 11.4 Å². The van der Waals surface area contributed by atoms with Gasteiger partial charge in [0, 0.05) is 5.02 Å². The highest BCUT2D eigenvalue weighted by atomic mass is 35.5. The van der Waals surface area contributed by atoms with Crippen LogP contribution >= 0.6 is 11.6 Å². The molecule has 1 aromatic rings. The van der Waals surface area contributed by atoms with Gasteiger partial charge in [0.15, 0.2) is 0 Å². The standard InChI is InChI=1S/C14H19ClO2/c1-3-11(4-2)13(14(16)17)9-10-5-7-12(15)8-6-10/h5-8,11,13H,3-4,9H2,1-2H3,(H,16,17). The average Bonchev–Trinajstić information content (AvgIpc) is 2.31. The molecular formula is C14H19ClO2. The molecule has 0 aliphatic rings. The van der Waals surface area contributed by atoms with Crippen molar-refractivity contribution in [3.63, 3.8) is 0 Å². The lowest BCUT2D eigenvalue weighted by Crippen LogP contribution is -2.25. The van der Waals surface area contributed by atoms with Crippen LogP contribution in [0.15, 0.2) is 24.3 Å². The van der Waals surface area contributed by atoms with Gasteiger partial charge in [0.25, 0.3) is 0 Å². The molecule has 0 amide bonds. The monoisotopic (exact) mass is 254 g/mol. The molecule has 0 aliphatic heterocycles. The Balaban J connectivity index is 2.79. The fraction of sp³-hybridized carbons (Fsp3) is 0.500. The number of carboxylic acids is 1. The zero-order valence-electron chi connectivity index (χ0n) is 10.3. The van der Waals surface area contributed by atoms with Gasteiger partial charge in [-0.3, -0.25) is 4.79 Å². The molecule has 94 valence electrons. The lowest BCUT2D eigenvalue weighted by atomic mass is 9.83. The smallest absolute Gasteiger partial charge is 0.307 e. The second-order valence-corrected chi connectivity index (χ2v) is 4.79. The first-order chi connectivity index (χ1) is 8.08. The Morgan fingerprint density at radius 1 is 1.24 bits per heavy atom. The van der Waals surface area contributed by atoms with E-state index in [1.807, 2.05) is 38.1 Å². The quantitative estimate of drug-likeness (QED) is 0.833. The van der Waals surface area contributed by atoms with Crippen LogP contribution in [0.3, 0.4) is 0 Å². The van der Waals surface area contributed by atoms with Gasteiger partial charge in [0.1, 0.15) is 0 Å². The van der Waals surface area contributed by atoms with Crippen molar-refractivity contribution >= 4 is 17.6 Å². The Hall–Kier alpha value is -1.02. The zero-order chi connectivity index (χ0) is 12.8. The van der Waals surface area contributed by atoms with Gasteiger partial charge in [-0.15, -0.1) is 0 Å². The highest BCUT2D eigenvalue weighted by Gasteiger charge is 2.25. The maximum absolute atomic E-state index is 11.3. The third-order valence-electron chi connectivity index (χ3n) is 3.30. The highest BCUT2D eigenvalue weighted by molar-refractivity contribution is 6.30. The number of rotatable bonds is 6. The summed E-state index contributed by atoms with van der Waals surface area (Å²) in [5, 5.41) is 9.98. The Morgan fingerprint density at radius 3 is 2.18 bits per heavy atom. The van der Waals surface area contributed by atoms with Gasteiger partial charge in [-0.05, 0) is 30.0 Å². The van der Waals surface area contributed by atoms with Crippen molar-refractivity contribution in [3.05, 3.63) is 34.9 Å². The first-order valence-corrected chi connectivity index (χ1v) is 6.43. The van der Waals surface area contributed by atoms with Crippen LogP contribution in [0, 0.1) is 11.8 Å². The summed E-state index contributed by atoms with van der Waals surface area (Å²) < 4.78 is 0. The fourth-order valence-corrected chi connectivity index (χ4v) is 2.31.